The summed E-state index contributed by atoms with van der Waals surface area (Å²) < 4.78 is 16.7. The van der Waals surface area contributed by atoms with Crippen molar-refractivity contribution in [2.45, 2.75) is 52.9 Å². The summed E-state index contributed by atoms with van der Waals surface area (Å²) in [5, 5.41) is 0. The Bertz CT molecular complexity index is 880. The number of hydrogen-bond acceptors (Lipinski definition) is 5. The van der Waals surface area contributed by atoms with Crippen molar-refractivity contribution in [1.82, 2.24) is 0 Å². The highest BCUT2D eigenvalue weighted by molar-refractivity contribution is 6.02. The molecule has 0 N–H and O–H groups in total. The number of carbonyl (C=O) groups is 2. The van der Waals surface area contributed by atoms with E-state index >= 15 is 0 Å². The molecule has 0 spiro atoms. The summed E-state index contributed by atoms with van der Waals surface area (Å²) in [4.78, 5) is 25.9. The predicted octanol–water partition coefficient (Wildman–Crippen LogP) is 4.73. The number of ether oxygens (including phenoxy) is 3. The first-order chi connectivity index (χ1) is 13.5. The Morgan fingerprint density at radius 1 is 1.10 bits per heavy atom. The number of esters is 1. The molecule has 0 aromatic heterocycles. The SMILES string of the molecule is COC(=O)C1C(=O)CC(C)(C)[C@@]2(C)C=Cc3cc(C(C)C)c(OC)c(OC)c3[C@@H]12. The van der Waals surface area contributed by atoms with Gasteiger partial charge in [0.25, 0.3) is 0 Å². The number of fused-ring (bicyclic) bond motifs is 3. The molecule has 0 saturated heterocycles. The average Bonchev–Trinajstić information content (AvgIpc) is 2.66. The first-order valence-corrected chi connectivity index (χ1v) is 10.1. The molecule has 3 rings (SSSR count). The van der Waals surface area contributed by atoms with Crippen LogP contribution in [0.2, 0.25) is 0 Å². The monoisotopic (exact) mass is 400 g/mol. The topological polar surface area (TPSA) is 61.8 Å². The van der Waals surface area contributed by atoms with Gasteiger partial charge in [0.05, 0.1) is 21.3 Å². The Morgan fingerprint density at radius 2 is 1.72 bits per heavy atom. The maximum atomic E-state index is 13.1. The molecule has 5 nitrogen and oxygen atoms in total. The highest BCUT2D eigenvalue weighted by atomic mass is 16.5. The van der Waals surface area contributed by atoms with Gasteiger partial charge in [-0.15, -0.1) is 0 Å². The van der Waals surface area contributed by atoms with Crippen molar-refractivity contribution >= 4 is 17.8 Å². The van der Waals surface area contributed by atoms with Crippen LogP contribution in [0.25, 0.3) is 6.08 Å². The van der Waals surface area contributed by atoms with E-state index in [1.165, 1.54) is 7.11 Å². The number of methoxy groups -OCH3 is 3. The normalized spacial score (nSPS) is 27.3. The largest absolute Gasteiger partial charge is 0.493 e. The van der Waals surface area contributed by atoms with Gasteiger partial charge < -0.3 is 14.2 Å². The van der Waals surface area contributed by atoms with Crippen LogP contribution in [0.1, 0.15) is 69.6 Å². The summed E-state index contributed by atoms with van der Waals surface area (Å²) in [5.74, 6) is -0.336. The first-order valence-electron chi connectivity index (χ1n) is 10.1. The third kappa shape index (κ3) is 2.97. The van der Waals surface area contributed by atoms with Crippen LogP contribution in [0.15, 0.2) is 12.1 Å². The van der Waals surface area contributed by atoms with Crippen LogP contribution < -0.4 is 9.47 Å². The van der Waals surface area contributed by atoms with E-state index in [2.05, 4.69) is 52.8 Å². The van der Waals surface area contributed by atoms with Crippen molar-refractivity contribution in [3.63, 3.8) is 0 Å². The summed E-state index contributed by atoms with van der Waals surface area (Å²) in [6, 6.07) is 2.10. The van der Waals surface area contributed by atoms with Crippen LogP contribution in [0.5, 0.6) is 11.5 Å². The van der Waals surface area contributed by atoms with Gasteiger partial charge in [-0.1, -0.05) is 46.8 Å². The standard InChI is InChI=1S/C24H32O5/c1-13(2)15-11-14-9-10-24(5)19(17(14)21(28-7)20(15)27-6)18(22(26)29-8)16(25)12-23(24,3)4/h9-11,13,18-19H,12H2,1-8H3/t18?,19-,24-/m0/s1. The fourth-order valence-corrected chi connectivity index (χ4v) is 5.14. The number of carbonyl (C=O) groups excluding carboxylic acids is 2. The van der Waals surface area contributed by atoms with Gasteiger partial charge in [-0.2, -0.15) is 0 Å². The molecule has 1 fully saturated rings. The lowest BCUT2D eigenvalue weighted by molar-refractivity contribution is -0.157. The highest BCUT2D eigenvalue weighted by Gasteiger charge is 2.60. The van der Waals surface area contributed by atoms with Crippen molar-refractivity contribution in [2.75, 3.05) is 21.3 Å². The van der Waals surface area contributed by atoms with Crippen molar-refractivity contribution in [2.24, 2.45) is 16.7 Å². The van der Waals surface area contributed by atoms with Crippen molar-refractivity contribution in [3.05, 3.63) is 28.8 Å². The molecule has 0 bridgehead atoms. The van der Waals surface area contributed by atoms with Crippen LogP contribution in [0.3, 0.4) is 0 Å². The van der Waals surface area contributed by atoms with Gasteiger partial charge in [0.2, 0.25) is 0 Å². The van der Waals surface area contributed by atoms with Crippen molar-refractivity contribution in [3.8, 4) is 11.5 Å². The third-order valence-electron chi connectivity index (χ3n) is 7.14. The van der Waals surface area contributed by atoms with Gasteiger partial charge >= 0.3 is 5.97 Å². The predicted molar refractivity (Wildman–Crippen MR) is 112 cm³/mol. The van der Waals surface area contributed by atoms with Crippen LogP contribution in [-0.4, -0.2) is 33.1 Å². The zero-order valence-corrected chi connectivity index (χ0v) is 18.7. The van der Waals surface area contributed by atoms with Gasteiger partial charge in [-0.25, -0.2) is 0 Å². The molecule has 5 heteroatoms. The minimum atomic E-state index is -0.870. The van der Waals surface area contributed by atoms with Crippen LogP contribution in [0.4, 0.5) is 0 Å². The summed E-state index contributed by atoms with van der Waals surface area (Å²) in [6.07, 6.45) is 4.59. The van der Waals surface area contributed by atoms with Gasteiger partial charge in [0.1, 0.15) is 11.7 Å². The molecule has 29 heavy (non-hydrogen) atoms. The Kier molecular flexibility index (Phi) is 5.31. The number of ketones is 1. The maximum Gasteiger partial charge on any atom is 0.316 e. The highest BCUT2D eigenvalue weighted by Crippen LogP contribution is 2.64. The molecule has 0 radical (unpaired) electrons. The zero-order chi connectivity index (χ0) is 21.7. The lowest BCUT2D eigenvalue weighted by Crippen LogP contribution is -2.53. The quantitative estimate of drug-likeness (QED) is 0.540. The molecule has 2 aliphatic carbocycles. The van der Waals surface area contributed by atoms with Gasteiger partial charge in [0, 0.05) is 23.5 Å². The van der Waals surface area contributed by atoms with Gasteiger partial charge in [0.15, 0.2) is 11.5 Å². The van der Waals surface area contributed by atoms with E-state index in [0.717, 1.165) is 16.7 Å². The molecule has 1 aromatic rings. The first kappa shape index (κ1) is 21.4. The molecule has 3 atom stereocenters. The Hall–Kier alpha value is -2.30. The van der Waals surface area contributed by atoms with E-state index in [0.29, 0.717) is 17.9 Å². The van der Waals surface area contributed by atoms with E-state index in [-0.39, 0.29) is 17.1 Å². The summed E-state index contributed by atoms with van der Waals surface area (Å²) in [7, 11) is 4.58. The number of hydrogen-bond donors (Lipinski definition) is 0. The number of benzene rings is 1. The number of Topliss-reactive ketones (excluding diaryl/α,β-unsaturated/α-hetero) is 1. The zero-order valence-electron chi connectivity index (χ0n) is 18.7. The molecular weight excluding hydrogens is 368 g/mol. The van der Waals surface area contributed by atoms with Crippen molar-refractivity contribution in [1.29, 1.82) is 0 Å². The molecule has 0 amide bonds. The second-order valence-electron chi connectivity index (χ2n) is 9.31. The molecule has 0 aliphatic heterocycles. The molecular formula is C24H32O5. The lowest BCUT2D eigenvalue weighted by Gasteiger charge is -2.55. The fourth-order valence-electron chi connectivity index (χ4n) is 5.14. The Morgan fingerprint density at radius 3 is 2.24 bits per heavy atom. The maximum absolute atomic E-state index is 13.1. The minimum absolute atomic E-state index is 0.0838. The van der Waals surface area contributed by atoms with Crippen LogP contribution in [0, 0.1) is 16.7 Å². The molecule has 158 valence electrons. The third-order valence-corrected chi connectivity index (χ3v) is 7.14. The van der Waals surface area contributed by atoms with Crippen molar-refractivity contribution < 1.29 is 23.8 Å². The number of allylic oxidation sites excluding steroid dienone is 1. The molecule has 1 aromatic carbocycles. The van der Waals surface area contributed by atoms with Crippen LogP contribution in [-0.2, 0) is 14.3 Å². The van der Waals surface area contributed by atoms with E-state index in [1.54, 1.807) is 14.2 Å². The molecule has 2 aliphatic rings. The molecule has 0 heterocycles. The number of rotatable bonds is 4. The average molecular weight is 401 g/mol. The summed E-state index contributed by atoms with van der Waals surface area (Å²) >= 11 is 0. The lowest BCUT2D eigenvalue weighted by atomic mass is 9.47. The minimum Gasteiger partial charge on any atom is -0.493 e. The van der Waals surface area contributed by atoms with E-state index in [1.807, 2.05) is 0 Å². The van der Waals surface area contributed by atoms with E-state index in [9.17, 15) is 9.59 Å². The molecule has 1 unspecified atom stereocenters. The Labute approximate surface area is 173 Å². The molecule has 1 saturated carbocycles. The summed E-state index contributed by atoms with van der Waals surface area (Å²) in [5.41, 5.74) is 2.10. The van der Waals surface area contributed by atoms with Gasteiger partial charge in [-0.3, -0.25) is 9.59 Å². The summed E-state index contributed by atoms with van der Waals surface area (Å²) in [6.45, 7) is 10.5. The van der Waals surface area contributed by atoms with E-state index in [4.69, 9.17) is 14.2 Å². The second-order valence-corrected chi connectivity index (χ2v) is 9.31. The van der Waals surface area contributed by atoms with E-state index < -0.39 is 23.2 Å². The smallest absolute Gasteiger partial charge is 0.316 e. The van der Waals surface area contributed by atoms with Crippen LogP contribution >= 0.6 is 0 Å². The van der Waals surface area contributed by atoms with Gasteiger partial charge in [-0.05, 0) is 28.4 Å². The second kappa shape index (κ2) is 7.19. The fraction of sp³-hybridized carbons (Fsp3) is 0.583. The Balaban J connectivity index is 2.40.